The van der Waals surface area contributed by atoms with Gasteiger partial charge in [-0.1, -0.05) is 36.4 Å². The molecule has 0 spiro atoms. The van der Waals surface area contributed by atoms with Gasteiger partial charge in [-0.2, -0.15) is 10.1 Å². The van der Waals surface area contributed by atoms with E-state index in [1.807, 2.05) is 30.3 Å². The molecule has 194 valence electrons. The molecule has 0 saturated carbocycles. The third-order valence-corrected chi connectivity index (χ3v) is 6.23. The summed E-state index contributed by atoms with van der Waals surface area (Å²) >= 11 is 3.47. The van der Waals surface area contributed by atoms with E-state index in [1.165, 1.54) is 24.3 Å². The zero-order valence-corrected chi connectivity index (χ0v) is 22.2. The highest BCUT2D eigenvalue weighted by Gasteiger charge is 2.29. The molecule has 0 unspecified atom stereocenters. The Bertz CT molecular complexity index is 1450. The number of carboxylic acids is 1. The zero-order chi connectivity index (χ0) is 27.2. The van der Waals surface area contributed by atoms with Gasteiger partial charge >= 0.3 is 5.97 Å². The highest BCUT2D eigenvalue weighted by Crippen LogP contribution is 2.38. The number of hydrogen-bond acceptors (Lipinski definition) is 6. The predicted octanol–water partition coefficient (Wildman–Crippen LogP) is 4.66. The topological polar surface area (TPSA) is 118 Å². The number of nitrogens with one attached hydrogen (secondary N) is 1. The van der Waals surface area contributed by atoms with Gasteiger partial charge in [0.15, 0.2) is 18.1 Å². The van der Waals surface area contributed by atoms with Crippen LogP contribution < -0.4 is 19.8 Å². The van der Waals surface area contributed by atoms with Crippen LogP contribution in [-0.4, -0.2) is 42.3 Å². The van der Waals surface area contributed by atoms with Crippen molar-refractivity contribution in [3.63, 3.8) is 0 Å². The lowest BCUT2D eigenvalue weighted by atomic mass is 10.1. The van der Waals surface area contributed by atoms with Crippen LogP contribution in [0.3, 0.4) is 0 Å². The van der Waals surface area contributed by atoms with E-state index in [4.69, 9.17) is 9.47 Å². The number of nitrogens with zero attached hydrogens (tertiary/aromatic N) is 2. The first-order valence-electron chi connectivity index (χ1n) is 11.5. The van der Waals surface area contributed by atoms with Crippen LogP contribution in [-0.2, 0) is 16.1 Å². The molecule has 1 heterocycles. The maximum Gasteiger partial charge on any atom is 0.335 e. The van der Waals surface area contributed by atoms with Crippen molar-refractivity contribution in [2.75, 3.05) is 18.7 Å². The number of benzene rings is 3. The van der Waals surface area contributed by atoms with Gasteiger partial charge in [0, 0.05) is 6.54 Å². The van der Waals surface area contributed by atoms with Gasteiger partial charge in [0.1, 0.15) is 0 Å². The normalized spacial score (nSPS) is 13.9. The summed E-state index contributed by atoms with van der Waals surface area (Å²) < 4.78 is 11.7. The maximum absolute atomic E-state index is 13.1. The monoisotopic (exact) mass is 577 g/mol. The zero-order valence-electron chi connectivity index (χ0n) is 20.6. The molecule has 0 radical (unpaired) electrons. The first-order chi connectivity index (χ1) is 18.3. The molecule has 0 atom stereocenters. The molecular formula is C28H24BrN3O6. The summed E-state index contributed by atoms with van der Waals surface area (Å²) in [6.07, 6.45) is 1.66. The maximum atomic E-state index is 13.1. The number of aromatic carboxylic acids is 1. The number of rotatable bonds is 9. The first kappa shape index (κ1) is 26.6. The van der Waals surface area contributed by atoms with Crippen LogP contribution in [0.4, 0.5) is 5.69 Å². The number of anilines is 1. The molecule has 1 aliphatic rings. The van der Waals surface area contributed by atoms with Crippen LogP contribution in [0.15, 0.2) is 81.9 Å². The summed E-state index contributed by atoms with van der Waals surface area (Å²) in [5.74, 6) is -1.06. The number of hydrazone groups is 1. The average molecular weight is 578 g/mol. The standard InChI is InChI=1S/C28H24BrN3O6/c1-17-22(27(34)32(31-17)21-10-6-9-20(14-21)28(35)36)11-19-12-23(29)26(24(13-19)37-2)38-16-25(33)30-15-18-7-4-3-5-8-18/h3-14H,15-16H2,1-2H3,(H,30,33)(H,35,36)/b22-11+. The Morgan fingerprint density at radius 3 is 2.58 bits per heavy atom. The lowest BCUT2D eigenvalue weighted by molar-refractivity contribution is -0.123. The minimum atomic E-state index is -1.09. The van der Waals surface area contributed by atoms with E-state index in [1.54, 1.807) is 37.3 Å². The smallest absolute Gasteiger partial charge is 0.335 e. The van der Waals surface area contributed by atoms with E-state index in [9.17, 15) is 19.5 Å². The van der Waals surface area contributed by atoms with Crippen molar-refractivity contribution in [3.8, 4) is 11.5 Å². The Kier molecular flexibility index (Phi) is 8.22. The van der Waals surface area contributed by atoms with E-state index in [-0.39, 0.29) is 18.1 Å². The van der Waals surface area contributed by atoms with Crippen molar-refractivity contribution in [2.24, 2.45) is 5.10 Å². The molecule has 2 N–H and O–H groups in total. The van der Waals surface area contributed by atoms with Crippen molar-refractivity contribution >= 4 is 51.2 Å². The van der Waals surface area contributed by atoms with Gasteiger partial charge < -0.3 is 19.9 Å². The van der Waals surface area contributed by atoms with Gasteiger partial charge in [-0.05, 0) is 70.4 Å². The molecule has 3 aromatic rings. The highest BCUT2D eigenvalue weighted by molar-refractivity contribution is 9.10. The lowest BCUT2D eigenvalue weighted by Gasteiger charge is -2.14. The third kappa shape index (κ3) is 6.09. The van der Waals surface area contributed by atoms with Crippen molar-refractivity contribution in [3.05, 3.63) is 93.5 Å². The molecule has 0 aromatic heterocycles. The fourth-order valence-corrected chi connectivity index (χ4v) is 4.32. The largest absolute Gasteiger partial charge is 0.493 e. The molecule has 4 rings (SSSR count). The SMILES string of the molecule is COc1cc(/C=C2/C(=O)N(c3cccc(C(=O)O)c3)N=C2C)cc(Br)c1OCC(=O)NCc1ccccc1. The molecule has 9 nitrogen and oxygen atoms in total. The number of hydrogen-bond donors (Lipinski definition) is 2. The van der Waals surface area contributed by atoms with Crippen LogP contribution in [0.1, 0.15) is 28.4 Å². The summed E-state index contributed by atoms with van der Waals surface area (Å²) in [7, 11) is 1.48. The number of ether oxygens (including phenoxy) is 2. The molecular weight excluding hydrogens is 554 g/mol. The Balaban J connectivity index is 1.49. The second-order valence-corrected chi connectivity index (χ2v) is 9.16. The minimum Gasteiger partial charge on any atom is -0.493 e. The number of carbonyl (C=O) groups excluding carboxylic acids is 2. The van der Waals surface area contributed by atoms with E-state index in [0.29, 0.717) is 45.1 Å². The van der Waals surface area contributed by atoms with Crippen LogP contribution >= 0.6 is 15.9 Å². The summed E-state index contributed by atoms with van der Waals surface area (Å²) in [6, 6.07) is 19.0. The molecule has 0 bridgehead atoms. The van der Waals surface area contributed by atoms with E-state index in [0.717, 1.165) is 5.56 Å². The number of halogens is 1. The first-order valence-corrected chi connectivity index (χ1v) is 12.3. The average Bonchev–Trinajstić information content (AvgIpc) is 3.20. The predicted molar refractivity (Wildman–Crippen MR) is 146 cm³/mol. The second kappa shape index (κ2) is 11.7. The summed E-state index contributed by atoms with van der Waals surface area (Å²) in [6.45, 7) is 1.87. The van der Waals surface area contributed by atoms with Crippen LogP contribution in [0, 0.1) is 0 Å². The Morgan fingerprint density at radius 2 is 1.87 bits per heavy atom. The second-order valence-electron chi connectivity index (χ2n) is 8.30. The Labute approximate surface area is 227 Å². The summed E-state index contributed by atoms with van der Waals surface area (Å²) in [5, 5.41) is 17.6. The van der Waals surface area contributed by atoms with Crippen LogP contribution in [0.25, 0.3) is 6.08 Å². The fraction of sp³-hybridized carbons (Fsp3) is 0.143. The minimum absolute atomic E-state index is 0.0542. The molecule has 38 heavy (non-hydrogen) atoms. The van der Waals surface area contributed by atoms with Crippen molar-refractivity contribution < 1.29 is 29.0 Å². The van der Waals surface area contributed by atoms with E-state index >= 15 is 0 Å². The Morgan fingerprint density at radius 1 is 1.11 bits per heavy atom. The fourth-order valence-electron chi connectivity index (χ4n) is 3.75. The van der Waals surface area contributed by atoms with Crippen molar-refractivity contribution in [1.29, 1.82) is 0 Å². The molecule has 3 aromatic carbocycles. The molecule has 2 amide bonds. The van der Waals surface area contributed by atoms with Gasteiger partial charge in [-0.25, -0.2) is 4.79 Å². The third-order valence-electron chi connectivity index (χ3n) is 5.64. The molecule has 0 aliphatic carbocycles. The molecule has 0 saturated heterocycles. The molecule has 1 aliphatic heterocycles. The van der Waals surface area contributed by atoms with E-state index in [2.05, 4.69) is 26.3 Å². The van der Waals surface area contributed by atoms with E-state index < -0.39 is 11.9 Å². The van der Waals surface area contributed by atoms with Gasteiger partial charge in [-0.3, -0.25) is 9.59 Å². The van der Waals surface area contributed by atoms with Gasteiger partial charge in [0.25, 0.3) is 11.8 Å². The van der Waals surface area contributed by atoms with Crippen molar-refractivity contribution in [1.82, 2.24) is 5.32 Å². The number of carbonyl (C=O) groups is 3. The van der Waals surface area contributed by atoms with Crippen LogP contribution in [0.5, 0.6) is 11.5 Å². The summed E-state index contributed by atoms with van der Waals surface area (Å²) in [4.78, 5) is 36.7. The van der Waals surface area contributed by atoms with Crippen molar-refractivity contribution in [2.45, 2.75) is 13.5 Å². The summed E-state index contributed by atoms with van der Waals surface area (Å²) in [5.41, 5.74) is 2.83. The molecule has 10 heteroatoms. The Hall–Kier alpha value is -4.44. The lowest BCUT2D eigenvalue weighted by Crippen LogP contribution is -2.28. The number of amides is 2. The molecule has 0 fully saturated rings. The van der Waals surface area contributed by atoms with Gasteiger partial charge in [-0.15, -0.1) is 0 Å². The number of methoxy groups -OCH3 is 1. The highest BCUT2D eigenvalue weighted by atomic mass is 79.9. The van der Waals surface area contributed by atoms with Crippen LogP contribution in [0.2, 0.25) is 0 Å². The quantitative estimate of drug-likeness (QED) is 0.357. The number of carboxylic acid groups (broad SMARTS) is 1. The van der Waals surface area contributed by atoms with Gasteiger partial charge in [0.05, 0.1) is 34.1 Å². The van der Waals surface area contributed by atoms with Gasteiger partial charge in [0.2, 0.25) is 0 Å².